The van der Waals surface area contributed by atoms with E-state index in [1.807, 2.05) is 60.7 Å². The summed E-state index contributed by atoms with van der Waals surface area (Å²) in [6.45, 7) is 0. The fourth-order valence-electron chi connectivity index (χ4n) is 3.32. The molecule has 2 aromatic carbocycles. The molecule has 1 amide bonds. The standard InChI is InChI=1S/C14H13NO2.C13H13N3O.CH4O.H2N2O.2H2/c1-17-14(16)12-8-5-9-15-13(12)10-11-6-3-2-4-7-11;14-16-13(17)11-7-4-8-15-12(11)9-10-5-2-1-3-6-10;1-2;1-2-3;;/h2-9H,10H2,1H3;1-8H,9,14H2,(H,16,17);2H,1H3;(H2,1,3);2*1H. The van der Waals surface area contributed by atoms with Crippen LogP contribution in [0.5, 0.6) is 0 Å². The van der Waals surface area contributed by atoms with Gasteiger partial charge in [-0.1, -0.05) is 60.7 Å². The van der Waals surface area contributed by atoms with Crippen molar-refractivity contribution in [1.29, 1.82) is 0 Å². The summed E-state index contributed by atoms with van der Waals surface area (Å²) in [4.78, 5) is 39.9. The second-order valence-corrected chi connectivity index (χ2v) is 7.39. The Morgan fingerprint density at radius 2 is 1.23 bits per heavy atom. The maximum Gasteiger partial charge on any atom is 0.339 e. The van der Waals surface area contributed by atoms with Crippen LogP contribution in [-0.4, -0.2) is 41.2 Å². The zero-order valence-electron chi connectivity index (χ0n) is 21.7. The van der Waals surface area contributed by atoms with Crippen LogP contribution in [0, 0.1) is 4.91 Å². The number of hydrogen-bond acceptors (Lipinski definition) is 9. The summed E-state index contributed by atoms with van der Waals surface area (Å²) in [5.41, 5.74) is 6.86. The number of carbonyl (C=O) groups is 2. The van der Waals surface area contributed by atoms with Crippen molar-refractivity contribution in [3.63, 3.8) is 0 Å². The van der Waals surface area contributed by atoms with Crippen molar-refractivity contribution in [3.8, 4) is 0 Å². The largest absolute Gasteiger partial charge is 0.465 e. The van der Waals surface area contributed by atoms with Crippen molar-refractivity contribution in [3.05, 3.63) is 136 Å². The number of aromatic nitrogens is 2. The van der Waals surface area contributed by atoms with Crippen LogP contribution in [-0.2, 0) is 17.6 Å². The molecule has 0 radical (unpaired) electrons. The van der Waals surface area contributed by atoms with Crippen molar-refractivity contribution < 1.29 is 22.3 Å². The van der Waals surface area contributed by atoms with Crippen LogP contribution in [0.25, 0.3) is 0 Å². The quantitative estimate of drug-likeness (QED) is 0.0942. The van der Waals surface area contributed by atoms with Gasteiger partial charge in [0.25, 0.3) is 5.91 Å². The second kappa shape index (κ2) is 19.2. The molecule has 2 heterocycles. The van der Waals surface area contributed by atoms with Gasteiger partial charge < -0.3 is 9.84 Å². The summed E-state index contributed by atoms with van der Waals surface area (Å²) < 4.78 is 4.74. The monoisotopic (exact) mass is 536 g/mol. The van der Waals surface area contributed by atoms with Crippen LogP contribution in [0.3, 0.4) is 0 Å². The number of aliphatic hydroxyl groups is 1. The number of hydrogen-bond donors (Lipinski definition) is 4. The van der Waals surface area contributed by atoms with Crippen LogP contribution < -0.4 is 17.1 Å². The highest BCUT2D eigenvalue weighted by Crippen LogP contribution is 2.13. The van der Waals surface area contributed by atoms with Crippen LogP contribution in [0.2, 0.25) is 0 Å². The lowest BCUT2D eigenvalue weighted by atomic mass is 10.1. The van der Waals surface area contributed by atoms with Crippen LogP contribution >= 0.6 is 0 Å². The van der Waals surface area contributed by atoms with Gasteiger partial charge in [0, 0.05) is 40.5 Å². The first kappa shape index (κ1) is 32.0. The fourth-order valence-corrected chi connectivity index (χ4v) is 3.32. The summed E-state index contributed by atoms with van der Waals surface area (Å²) in [6.07, 6.45) is 4.60. The number of nitrogens with one attached hydrogen (secondary N) is 1. The van der Waals surface area contributed by atoms with Crippen LogP contribution in [0.4, 0.5) is 0 Å². The van der Waals surface area contributed by atoms with Gasteiger partial charge >= 0.3 is 5.97 Å². The molecular formula is C28H36N6O5. The molecule has 39 heavy (non-hydrogen) atoms. The van der Waals surface area contributed by atoms with Gasteiger partial charge in [0.15, 0.2) is 0 Å². The van der Waals surface area contributed by atoms with Crippen molar-refractivity contribution in [1.82, 2.24) is 15.4 Å². The van der Waals surface area contributed by atoms with Gasteiger partial charge in [0.1, 0.15) is 0 Å². The minimum atomic E-state index is -0.343. The van der Waals surface area contributed by atoms with E-state index in [2.05, 4.69) is 21.2 Å². The molecule has 0 aliphatic rings. The summed E-state index contributed by atoms with van der Waals surface area (Å²) >= 11 is 0. The molecule has 4 rings (SSSR count). The maximum absolute atomic E-state index is 11.6. The van der Waals surface area contributed by atoms with E-state index in [-0.39, 0.29) is 14.7 Å². The Morgan fingerprint density at radius 3 is 1.64 bits per heavy atom. The second-order valence-electron chi connectivity index (χ2n) is 7.39. The minimum absolute atomic E-state index is 0. The number of benzene rings is 2. The van der Waals surface area contributed by atoms with E-state index in [4.69, 9.17) is 20.6 Å². The zero-order valence-corrected chi connectivity index (χ0v) is 21.7. The number of carbonyl (C=O) groups excluding carboxylic acids is 2. The lowest BCUT2D eigenvalue weighted by Crippen LogP contribution is -2.31. The number of amides is 1. The number of nitrogens with zero attached hydrogens (tertiary/aromatic N) is 3. The molecule has 6 N–H and O–H groups in total. The Bertz CT molecular complexity index is 1190. The number of nitrogens with two attached hydrogens (primary N) is 2. The van der Waals surface area contributed by atoms with Gasteiger partial charge in [-0.3, -0.25) is 26.0 Å². The van der Waals surface area contributed by atoms with Crippen LogP contribution in [0.1, 0.15) is 46.1 Å². The Kier molecular flexibility index (Phi) is 15.7. The number of esters is 1. The Morgan fingerprint density at radius 1 is 0.821 bits per heavy atom. The molecule has 0 spiro atoms. The number of methoxy groups -OCH3 is 1. The number of pyridine rings is 2. The molecule has 0 unspecified atom stereocenters. The molecule has 11 nitrogen and oxygen atoms in total. The van der Waals surface area contributed by atoms with Crippen molar-refractivity contribution in [2.24, 2.45) is 17.0 Å². The number of aliphatic hydroxyl groups excluding tert-OH is 1. The van der Waals surface area contributed by atoms with E-state index in [0.29, 0.717) is 24.0 Å². The van der Waals surface area contributed by atoms with Crippen molar-refractivity contribution in [2.45, 2.75) is 12.8 Å². The summed E-state index contributed by atoms with van der Waals surface area (Å²) in [7, 11) is 2.38. The highest BCUT2D eigenvalue weighted by molar-refractivity contribution is 5.94. The number of nitrogen functional groups attached to an aromatic ring is 1. The molecule has 0 bridgehead atoms. The van der Waals surface area contributed by atoms with E-state index in [9.17, 15) is 9.59 Å². The van der Waals surface area contributed by atoms with Gasteiger partial charge in [-0.25, -0.2) is 10.6 Å². The molecule has 11 heteroatoms. The van der Waals surface area contributed by atoms with E-state index < -0.39 is 0 Å². The Hall–Kier alpha value is -5.00. The smallest absolute Gasteiger partial charge is 0.339 e. The van der Waals surface area contributed by atoms with E-state index >= 15 is 0 Å². The molecular weight excluding hydrogens is 500 g/mol. The zero-order chi connectivity index (χ0) is 28.9. The number of hydrazine groups is 1. The van der Waals surface area contributed by atoms with E-state index in [0.717, 1.165) is 29.6 Å². The molecule has 0 aliphatic carbocycles. The normalized spacial score (nSPS) is 9.13. The third-order valence-corrected chi connectivity index (χ3v) is 4.99. The molecule has 0 saturated heterocycles. The predicted molar refractivity (Wildman–Crippen MR) is 152 cm³/mol. The van der Waals surface area contributed by atoms with Crippen molar-refractivity contribution in [2.75, 3.05) is 14.2 Å². The first-order chi connectivity index (χ1) is 19.0. The number of nitroso groups, excluding NO2 is 1. The lowest BCUT2D eigenvalue weighted by Gasteiger charge is -2.06. The average Bonchev–Trinajstić information content (AvgIpc) is 3.00. The average molecular weight is 537 g/mol. The molecule has 0 saturated carbocycles. The van der Waals surface area contributed by atoms with Gasteiger partial charge in [0.05, 0.1) is 29.6 Å². The van der Waals surface area contributed by atoms with Gasteiger partial charge in [-0.05, 0) is 35.4 Å². The SMILES string of the molecule is CO.COC(=O)c1cccnc1Cc1ccccc1.NN=O.NNC(=O)c1cccnc1Cc1ccccc1.[HH].[HH]. The van der Waals surface area contributed by atoms with E-state index in [1.165, 1.54) is 7.11 Å². The summed E-state index contributed by atoms with van der Waals surface area (Å²) in [5, 5.41) is 8.75. The number of ether oxygens (including phenoxy) is 1. The van der Waals surface area contributed by atoms with Crippen LogP contribution in [0.15, 0.2) is 103 Å². The topological polar surface area (TPSA) is 183 Å². The maximum atomic E-state index is 11.6. The lowest BCUT2D eigenvalue weighted by molar-refractivity contribution is 0.0599. The first-order valence-corrected chi connectivity index (χ1v) is 11.6. The summed E-state index contributed by atoms with van der Waals surface area (Å²) in [5.74, 6) is 8.40. The Labute approximate surface area is 229 Å². The summed E-state index contributed by atoms with van der Waals surface area (Å²) in [6, 6.07) is 26.7. The molecule has 2 aromatic heterocycles. The number of rotatable bonds is 6. The minimum Gasteiger partial charge on any atom is -0.465 e. The molecule has 208 valence electrons. The Balaban J connectivity index is 0. The third-order valence-electron chi connectivity index (χ3n) is 4.99. The highest BCUT2D eigenvalue weighted by atomic mass is 16.5. The molecule has 0 aliphatic heterocycles. The first-order valence-electron chi connectivity index (χ1n) is 11.6. The highest BCUT2D eigenvalue weighted by Gasteiger charge is 2.12. The molecule has 4 aromatic rings. The predicted octanol–water partition coefficient (Wildman–Crippen LogP) is 3.46. The molecule has 0 fully saturated rings. The fraction of sp³-hybridized carbons (Fsp3) is 0.143. The van der Waals surface area contributed by atoms with Crippen molar-refractivity contribution >= 4 is 11.9 Å². The van der Waals surface area contributed by atoms with E-state index in [1.54, 1.807) is 41.9 Å². The van der Waals surface area contributed by atoms with Gasteiger partial charge in [-0.2, -0.15) is 0 Å². The van der Waals surface area contributed by atoms with Gasteiger partial charge in [0.2, 0.25) is 0 Å². The third kappa shape index (κ3) is 11.3. The van der Waals surface area contributed by atoms with Gasteiger partial charge in [-0.15, -0.1) is 4.91 Å². The molecule has 0 atom stereocenters.